The second kappa shape index (κ2) is 8.26. The number of benzene rings is 2. The van der Waals surface area contributed by atoms with Gasteiger partial charge in [-0.1, -0.05) is 6.07 Å². The lowest BCUT2D eigenvalue weighted by atomic mass is 10.2. The average Bonchev–Trinajstić information content (AvgIpc) is 2.63. The Morgan fingerprint density at radius 3 is 2.52 bits per heavy atom. The van der Waals surface area contributed by atoms with Gasteiger partial charge in [0.15, 0.2) is 11.9 Å². The maximum Gasteiger partial charge on any atom is 0.339 e. The second-order valence-electron chi connectivity index (χ2n) is 5.64. The molecule has 0 fully saturated rings. The predicted molar refractivity (Wildman–Crippen MR) is 94.3 cm³/mol. The van der Waals surface area contributed by atoms with Gasteiger partial charge in [-0.05, 0) is 43.7 Å². The maximum atomic E-state index is 13.5. The minimum atomic E-state index is -1.21. The third kappa shape index (κ3) is 4.78. The van der Waals surface area contributed by atoms with E-state index >= 15 is 0 Å². The smallest absolute Gasteiger partial charge is 0.339 e. The Hall–Kier alpha value is -3.49. The van der Waals surface area contributed by atoms with E-state index in [-0.39, 0.29) is 17.0 Å². The SMILES string of the molecule is COc1ccc(C(=O)OC(C)C(=O)Nc2ccc(C)c(F)c2)cc1[N+](=O)[O-]. The number of esters is 1. The van der Waals surface area contributed by atoms with Crippen molar-refractivity contribution in [2.45, 2.75) is 20.0 Å². The van der Waals surface area contributed by atoms with Crippen molar-refractivity contribution in [3.8, 4) is 5.75 Å². The van der Waals surface area contributed by atoms with E-state index in [1.807, 2.05) is 0 Å². The van der Waals surface area contributed by atoms with Crippen LogP contribution in [0.2, 0.25) is 0 Å². The highest BCUT2D eigenvalue weighted by Crippen LogP contribution is 2.28. The molecule has 0 bridgehead atoms. The van der Waals surface area contributed by atoms with Crippen LogP contribution in [-0.4, -0.2) is 30.0 Å². The molecule has 2 rings (SSSR count). The number of carbonyl (C=O) groups excluding carboxylic acids is 2. The summed E-state index contributed by atoms with van der Waals surface area (Å²) < 4.78 is 23.4. The molecule has 0 aliphatic carbocycles. The van der Waals surface area contributed by atoms with Crippen molar-refractivity contribution in [1.29, 1.82) is 0 Å². The van der Waals surface area contributed by atoms with Crippen LogP contribution in [0.5, 0.6) is 5.75 Å². The molecule has 1 atom stereocenters. The third-order valence-electron chi connectivity index (χ3n) is 3.70. The molecule has 1 N–H and O–H groups in total. The number of nitro groups is 1. The van der Waals surface area contributed by atoms with Crippen molar-refractivity contribution >= 4 is 23.3 Å². The normalized spacial score (nSPS) is 11.4. The highest BCUT2D eigenvalue weighted by atomic mass is 19.1. The van der Waals surface area contributed by atoms with Crippen LogP contribution in [0, 0.1) is 22.9 Å². The molecule has 27 heavy (non-hydrogen) atoms. The predicted octanol–water partition coefficient (Wildman–Crippen LogP) is 3.23. The zero-order valence-corrected chi connectivity index (χ0v) is 14.8. The Kier molecular flexibility index (Phi) is 6.07. The van der Waals surface area contributed by atoms with Crippen LogP contribution in [0.3, 0.4) is 0 Å². The molecule has 0 saturated heterocycles. The molecule has 0 saturated carbocycles. The molecule has 0 aliphatic heterocycles. The molecule has 0 aliphatic rings. The van der Waals surface area contributed by atoms with Crippen LogP contribution >= 0.6 is 0 Å². The molecule has 9 heteroatoms. The number of nitrogens with one attached hydrogen (secondary N) is 1. The molecule has 8 nitrogen and oxygen atoms in total. The van der Waals surface area contributed by atoms with Gasteiger partial charge in [0.1, 0.15) is 5.82 Å². The highest BCUT2D eigenvalue weighted by Gasteiger charge is 2.23. The number of nitrogens with zero attached hydrogens (tertiary/aromatic N) is 1. The molecule has 0 spiro atoms. The fourth-order valence-electron chi connectivity index (χ4n) is 2.16. The Balaban J connectivity index is 2.08. The first kappa shape index (κ1) is 19.8. The van der Waals surface area contributed by atoms with E-state index in [4.69, 9.17) is 9.47 Å². The highest BCUT2D eigenvalue weighted by molar-refractivity contribution is 5.97. The molecule has 142 valence electrons. The van der Waals surface area contributed by atoms with Gasteiger partial charge in [-0.25, -0.2) is 9.18 Å². The number of aryl methyl sites for hydroxylation is 1. The van der Waals surface area contributed by atoms with Gasteiger partial charge in [0.25, 0.3) is 5.91 Å². The van der Waals surface area contributed by atoms with Crippen LogP contribution in [0.1, 0.15) is 22.8 Å². The molecule has 0 aromatic heterocycles. The van der Waals surface area contributed by atoms with Crippen LogP contribution in [0.25, 0.3) is 0 Å². The molecule has 2 aromatic carbocycles. The quantitative estimate of drug-likeness (QED) is 0.471. The van der Waals surface area contributed by atoms with Crippen LogP contribution in [-0.2, 0) is 9.53 Å². The Morgan fingerprint density at radius 2 is 1.93 bits per heavy atom. The van der Waals surface area contributed by atoms with Gasteiger partial charge in [0.2, 0.25) is 0 Å². The number of methoxy groups -OCH3 is 1. The number of hydrogen-bond acceptors (Lipinski definition) is 6. The summed E-state index contributed by atoms with van der Waals surface area (Å²) in [5.74, 6) is -2.08. The molecule has 2 aromatic rings. The number of hydrogen-bond donors (Lipinski definition) is 1. The zero-order chi connectivity index (χ0) is 20.1. The molecule has 1 amide bonds. The number of carbonyl (C=O) groups is 2. The summed E-state index contributed by atoms with van der Waals surface area (Å²) >= 11 is 0. The number of halogens is 1. The van der Waals surface area contributed by atoms with E-state index in [9.17, 15) is 24.1 Å². The van der Waals surface area contributed by atoms with E-state index in [0.29, 0.717) is 5.56 Å². The number of rotatable bonds is 6. The van der Waals surface area contributed by atoms with E-state index in [1.165, 1.54) is 38.3 Å². The first-order valence-electron chi connectivity index (χ1n) is 7.83. The summed E-state index contributed by atoms with van der Waals surface area (Å²) in [5.41, 5.74) is 0.127. The first-order chi connectivity index (χ1) is 12.7. The number of nitro benzene ring substituents is 1. The van der Waals surface area contributed by atoms with Crippen LogP contribution < -0.4 is 10.1 Å². The summed E-state index contributed by atoms with van der Waals surface area (Å²) in [4.78, 5) is 34.6. The fourth-order valence-corrected chi connectivity index (χ4v) is 2.16. The molecule has 1 unspecified atom stereocenters. The standard InChI is InChI=1S/C18H17FN2O6/c1-10-4-6-13(9-14(10)19)20-17(22)11(2)27-18(23)12-5-7-16(26-3)15(8-12)21(24)25/h4-9,11H,1-3H3,(H,20,22). The topological polar surface area (TPSA) is 108 Å². The molecular formula is C18H17FN2O6. The third-order valence-corrected chi connectivity index (χ3v) is 3.70. The maximum absolute atomic E-state index is 13.5. The minimum absolute atomic E-state index is 0.0104. The van der Waals surface area contributed by atoms with Gasteiger partial charge in [0.05, 0.1) is 17.6 Å². The van der Waals surface area contributed by atoms with Crippen molar-refractivity contribution < 1.29 is 28.4 Å². The van der Waals surface area contributed by atoms with Gasteiger partial charge < -0.3 is 14.8 Å². The average molecular weight is 376 g/mol. The number of ether oxygens (including phenoxy) is 2. The summed E-state index contributed by atoms with van der Waals surface area (Å²) in [5, 5.41) is 13.4. The summed E-state index contributed by atoms with van der Waals surface area (Å²) in [6.07, 6.45) is -1.21. The molecular weight excluding hydrogens is 359 g/mol. The van der Waals surface area contributed by atoms with E-state index in [2.05, 4.69) is 5.32 Å². The first-order valence-corrected chi connectivity index (χ1v) is 7.83. The van der Waals surface area contributed by atoms with Crippen molar-refractivity contribution in [1.82, 2.24) is 0 Å². The van der Waals surface area contributed by atoms with Crippen molar-refractivity contribution in [2.24, 2.45) is 0 Å². The lowest BCUT2D eigenvalue weighted by molar-refractivity contribution is -0.385. The van der Waals surface area contributed by atoms with Gasteiger partial charge in [-0.15, -0.1) is 0 Å². The van der Waals surface area contributed by atoms with Gasteiger partial charge in [-0.3, -0.25) is 14.9 Å². The van der Waals surface area contributed by atoms with Crippen LogP contribution in [0.15, 0.2) is 36.4 Å². The fraction of sp³-hybridized carbons (Fsp3) is 0.222. The Morgan fingerprint density at radius 1 is 1.22 bits per heavy atom. The van der Waals surface area contributed by atoms with Gasteiger partial charge in [0, 0.05) is 11.8 Å². The van der Waals surface area contributed by atoms with Crippen molar-refractivity contribution in [3.63, 3.8) is 0 Å². The number of amides is 1. The van der Waals surface area contributed by atoms with E-state index < -0.39 is 34.4 Å². The summed E-state index contributed by atoms with van der Waals surface area (Å²) in [6.45, 7) is 2.91. The Bertz CT molecular complexity index is 899. The minimum Gasteiger partial charge on any atom is -0.490 e. The second-order valence-corrected chi connectivity index (χ2v) is 5.64. The van der Waals surface area contributed by atoms with E-state index in [0.717, 1.165) is 12.1 Å². The van der Waals surface area contributed by atoms with Crippen molar-refractivity contribution in [2.75, 3.05) is 12.4 Å². The summed E-state index contributed by atoms with van der Waals surface area (Å²) in [7, 11) is 1.26. The lowest BCUT2D eigenvalue weighted by Crippen LogP contribution is -2.30. The lowest BCUT2D eigenvalue weighted by Gasteiger charge is -2.14. The molecule has 0 radical (unpaired) electrons. The molecule has 0 heterocycles. The largest absolute Gasteiger partial charge is 0.490 e. The van der Waals surface area contributed by atoms with Crippen LogP contribution in [0.4, 0.5) is 15.8 Å². The van der Waals surface area contributed by atoms with Gasteiger partial charge in [-0.2, -0.15) is 0 Å². The Labute approximate surface area is 154 Å². The zero-order valence-electron chi connectivity index (χ0n) is 14.8. The van der Waals surface area contributed by atoms with Gasteiger partial charge >= 0.3 is 11.7 Å². The number of anilines is 1. The monoisotopic (exact) mass is 376 g/mol. The summed E-state index contributed by atoms with van der Waals surface area (Å²) in [6, 6.07) is 7.70. The van der Waals surface area contributed by atoms with E-state index in [1.54, 1.807) is 6.92 Å². The van der Waals surface area contributed by atoms with Crippen molar-refractivity contribution in [3.05, 3.63) is 63.5 Å².